The smallest absolute Gasteiger partial charge is 0.192 e. The van der Waals surface area contributed by atoms with Crippen molar-refractivity contribution >= 4 is 5.78 Å². The Morgan fingerprint density at radius 1 is 1.39 bits per heavy atom. The largest absolute Gasteiger partial charge is 0.469 e. The minimum absolute atomic E-state index is 0.120. The first-order chi connectivity index (χ1) is 8.70. The number of carbonyl (C=O) groups excluding carboxylic acids is 1. The Bertz CT molecular complexity index is 507. The van der Waals surface area contributed by atoms with Gasteiger partial charge in [0.15, 0.2) is 12.0 Å². The summed E-state index contributed by atoms with van der Waals surface area (Å²) in [6.45, 7) is 3.67. The number of nitrogens with zero attached hydrogens (tertiary/aromatic N) is 4. The highest BCUT2D eigenvalue weighted by atomic mass is 16.5. The van der Waals surface area contributed by atoms with Crippen molar-refractivity contribution in [3.63, 3.8) is 0 Å². The second-order valence-corrected chi connectivity index (χ2v) is 3.81. The fraction of sp³-hybridized carbons (Fsp3) is 0.333. The third kappa shape index (κ3) is 2.71. The Kier molecular flexibility index (Phi) is 3.66. The van der Waals surface area contributed by atoms with E-state index in [9.17, 15) is 4.79 Å². The van der Waals surface area contributed by atoms with Crippen molar-refractivity contribution in [2.45, 2.75) is 26.5 Å². The minimum atomic E-state index is -0.298. The first-order valence-corrected chi connectivity index (χ1v) is 5.73. The predicted octanol–water partition coefficient (Wildman–Crippen LogP) is 1.86. The lowest BCUT2D eigenvalue weighted by molar-refractivity contribution is 0.0988. The molecule has 18 heavy (non-hydrogen) atoms. The second kappa shape index (κ2) is 5.39. The van der Waals surface area contributed by atoms with E-state index in [1.807, 2.05) is 13.8 Å². The van der Waals surface area contributed by atoms with Crippen LogP contribution in [-0.2, 0) is 0 Å². The van der Waals surface area contributed by atoms with Crippen LogP contribution in [-0.4, -0.2) is 26.0 Å². The average Bonchev–Trinajstić information content (AvgIpc) is 2.92. The van der Waals surface area contributed by atoms with Crippen LogP contribution in [0.15, 0.2) is 30.6 Å². The van der Waals surface area contributed by atoms with E-state index in [4.69, 9.17) is 4.74 Å². The topological polar surface area (TPSA) is 69.9 Å². The third-order valence-corrected chi connectivity index (χ3v) is 2.54. The molecule has 6 heteroatoms. The van der Waals surface area contributed by atoms with Gasteiger partial charge in [-0.15, -0.1) is 5.10 Å². The molecule has 0 aliphatic heterocycles. The summed E-state index contributed by atoms with van der Waals surface area (Å²) >= 11 is 0. The summed E-state index contributed by atoms with van der Waals surface area (Å²) < 4.78 is 7.14. The fourth-order valence-corrected chi connectivity index (χ4v) is 1.51. The zero-order valence-corrected chi connectivity index (χ0v) is 10.3. The van der Waals surface area contributed by atoms with Crippen molar-refractivity contribution in [3.05, 3.63) is 36.2 Å². The van der Waals surface area contributed by atoms with Crippen molar-refractivity contribution in [1.29, 1.82) is 0 Å². The normalized spacial score (nSPS) is 12.1. The monoisotopic (exact) mass is 246 g/mol. The van der Waals surface area contributed by atoms with Crippen molar-refractivity contribution in [2.24, 2.45) is 0 Å². The second-order valence-electron chi connectivity index (χ2n) is 3.81. The van der Waals surface area contributed by atoms with E-state index in [-0.39, 0.29) is 12.0 Å². The van der Waals surface area contributed by atoms with E-state index < -0.39 is 0 Å². The molecule has 0 aliphatic carbocycles. The number of Topliss-reactive ketones (excluding diaryl/α,β-unsaturated/α-hetero) is 1. The van der Waals surface area contributed by atoms with Gasteiger partial charge in [-0.05, 0) is 41.6 Å². The van der Waals surface area contributed by atoms with Crippen LogP contribution in [0.25, 0.3) is 0 Å². The molecule has 1 unspecified atom stereocenters. The molecule has 0 N–H and O–H groups in total. The Morgan fingerprint density at radius 2 is 2.11 bits per heavy atom. The van der Waals surface area contributed by atoms with Crippen LogP contribution in [0.5, 0.6) is 5.75 Å². The minimum Gasteiger partial charge on any atom is -0.469 e. The van der Waals surface area contributed by atoms with Crippen LogP contribution < -0.4 is 4.74 Å². The van der Waals surface area contributed by atoms with Crippen LogP contribution in [0.2, 0.25) is 0 Å². The number of hydrogen-bond acceptors (Lipinski definition) is 5. The highest BCUT2D eigenvalue weighted by Gasteiger charge is 2.08. The molecule has 0 spiro atoms. The van der Waals surface area contributed by atoms with Gasteiger partial charge in [-0.2, -0.15) is 4.68 Å². The lowest BCUT2D eigenvalue weighted by Crippen LogP contribution is -2.13. The van der Waals surface area contributed by atoms with E-state index in [0.717, 1.165) is 0 Å². The van der Waals surface area contributed by atoms with Gasteiger partial charge >= 0.3 is 0 Å². The summed E-state index contributed by atoms with van der Waals surface area (Å²) in [5.41, 5.74) is 0.694. The molecule has 2 aromatic rings. The maximum atomic E-state index is 11.5. The number of benzene rings is 1. The van der Waals surface area contributed by atoms with Crippen LogP contribution in [0.4, 0.5) is 0 Å². The van der Waals surface area contributed by atoms with Gasteiger partial charge in [-0.3, -0.25) is 4.79 Å². The van der Waals surface area contributed by atoms with Gasteiger partial charge in [0.05, 0.1) is 0 Å². The van der Waals surface area contributed by atoms with E-state index in [1.54, 1.807) is 24.3 Å². The highest BCUT2D eigenvalue weighted by Crippen LogP contribution is 2.17. The van der Waals surface area contributed by atoms with Crippen LogP contribution >= 0.6 is 0 Å². The molecule has 0 amide bonds. The molecule has 1 aromatic heterocycles. The van der Waals surface area contributed by atoms with Crippen molar-refractivity contribution in [1.82, 2.24) is 20.2 Å². The van der Waals surface area contributed by atoms with E-state index >= 15 is 0 Å². The number of ketones is 1. The number of tetrazole rings is 1. The summed E-state index contributed by atoms with van der Waals surface area (Å²) in [5.74, 6) is 0.792. The van der Waals surface area contributed by atoms with Gasteiger partial charge in [0.25, 0.3) is 0 Å². The molecular formula is C12H14N4O2. The molecule has 0 radical (unpaired) electrons. The van der Waals surface area contributed by atoms with Gasteiger partial charge in [0, 0.05) is 12.0 Å². The fourth-order valence-electron chi connectivity index (χ4n) is 1.51. The van der Waals surface area contributed by atoms with Crippen LogP contribution in [0.1, 0.15) is 36.9 Å². The number of hydrogen-bond donors (Lipinski definition) is 0. The first kappa shape index (κ1) is 12.2. The lowest BCUT2D eigenvalue weighted by atomic mass is 10.1. The summed E-state index contributed by atoms with van der Waals surface area (Å²) in [6, 6.07) is 7.05. The molecule has 0 saturated heterocycles. The molecule has 94 valence electrons. The van der Waals surface area contributed by atoms with Gasteiger partial charge in [0.2, 0.25) is 0 Å². The Morgan fingerprint density at radius 3 is 2.67 bits per heavy atom. The SMILES string of the molecule is CCC(=O)c1ccc(OC(C)n2cnnn2)cc1. The van der Waals surface area contributed by atoms with Gasteiger partial charge in [-0.25, -0.2) is 0 Å². The van der Waals surface area contributed by atoms with Crippen LogP contribution in [0, 0.1) is 0 Å². The van der Waals surface area contributed by atoms with Crippen molar-refractivity contribution < 1.29 is 9.53 Å². The Labute approximate surface area is 105 Å². The molecule has 1 aromatic carbocycles. The molecule has 1 atom stereocenters. The zero-order valence-electron chi connectivity index (χ0n) is 10.3. The third-order valence-electron chi connectivity index (χ3n) is 2.54. The van der Waals surface area contributed by atoms with Gasteiger partial charge in [-0.1, -0.05) is 6.92 Å². The number of carbonyl (C=O) groups is 1. The molecule has 0 saturated carbocycles. The predicted molar refractivity (Wildman–Crippen MR) is 64.2 cm³/mol. The maximum absolute atomic E-state index is 11.5. The van der Waals surface area contributed by atoms with Gasteiger partial charge in [0.1, 0.15) is 12.1 Å². The number of aromatic nitrogens is 4. The maximum Gasteiger partial charge on any atom is 0.192 e. The van der Waals surface area contributed by atoms with E-state index in [0.29, 0.717) is 17.7 Å². The Balaban J connectivity index is 2.04. The zero-order chi connectivity index (χ0) is 13.0. The summed E-state index contributed by atoms with van der Waals surface area (Å²) in [4.78, 5) is 11.5. The quantitative estimate of drug-likeness (QED) is 0.753. The molecule has 1 heterocycles. The summed E-state index contributed by atoms with van der Waals surface area (Å²) in [7, 11) is 0. The summed E-state index contributed by atoms with van der Waals surface area (Å²) in [6.07, 6.45) is 1.69. The van der Waals surface area contributed by atoms with Crippen LogP contribution in [0.3, 0.4) is 0 Å². The molecule has 0 aliphatic rings. The lowest BCUT2D eigenvalue weighted by Gasteiger charge is -2.13. The Hall–Kier alpha value is -2.24. The average molecular weight is 246 g/mol. The van der Waals surface area contributed by atoms with Crippen molar-refractivity contribution in [2.75, 3.05) is 0 Å². The van der Waals surface area contributed by atoms with E-state index in [1.165, 1.54) is 11.0 Å². The molecular weight excluding hydrogens is 232 g/mol. The summed E-state index contributed by atoms with van der Waals surface area (Å²) in [5, 5.41) is 10.8. The number of ether oxygens (including phenoxy) is 1. The standard InChI is InChI=1S/C12H14N4O2/c1-3-12(17)10-4-6-11(7-5-10)18-9(2)16-8-13-14-15-16/h4-9H,3H2,1-2H3. The molecule has 2 rings (SSSR count). The van der Waals surface area contributed by atoms with Crippen molar-refractivity contribution in [3.8, 4) is 5.75 Å². The molecule has 0 bridgehead atoms. The first-order valence-electron chi connectivity index (χ1n) is 5.73. The molecule has 0 fully saturated rings. The molecule has 6 nitrogen and oxygen atoms in total. The highest BCUT2D eigenvalue weighted by molar-refractivity contribution is 5.95. The van der Waals surface area contributed by atoms with Gasteiger partial charge < -0.3 is 4.74 Å². The van der Waals surface area contributed by atoms with E-state index in [2.05, 4.69) is 15.5 Å². The number of rotatable bonds is 5.